The molecule has 3 saturated heterocycles. The number of imide groups is 2. The molecule has 6 amide bonds. The fourth-order valence-corrected chi connectivity index (χ4v) is 15.5. The van der Waals surface area contributed by atoms with E-state index in [1.54, 1.807) is 18.2 Å². The van der Waals surface area contributed by atoms with Crippen LogP contribution in [0.4, 0.5) is 30.2 Å². The van der Waals surface area contributed by atoms with E-state index >= 15 is 0 Å². The predicted molar refractivity (Wildman–Crippen MR) is 345 cm³/mol. The Bertz CT molecular complexity index is 3630. The summed E-state index contributed by atoms with van der Waals surface area (Å²) in [5.74, 6) is -3.62. The van der Waals surface area contributed by atoms with Crippen LogP contribution in [0.2, 0.25) is 0 Å². The van der Waals surface area contributed by atoms with Gasteiger partial charge in [0.25, 0.3) is 37.6 Å². The first kappa shape index (κ1) is 68.5. The van der Waals surface area contributed by atoms with Crippen molar-refractivity contribution < 1.29 is 58.8 Å². The van der Waals surface area contributed by atoms with Crippen LogP contribution in [0, 0.1) is 5.41 Å². The van der Waals surface area contributed by atoms with Crippen LogP contribution in [0.15, 0.2) is 129 Å². The molecule has 4 N–H and O–H groups in total. The molecule has 4 aliphatic heterocycles. The number of allylic oxidation sites excluding steroid dienone is 2. The molecule has 19 nitrogen and oxygen atoms in total. The maximum Gasteiger partial charge on any atom is 0.501 e. The van der Waals surface area contributed by atoms with Crippen molar-refractivity contribution in [1.29, 1.82) is 0 Å². The van der Waals surface area contributed by atoms with Crippen molar-refractivity contribution in [2.24, 2.45) is 5.41 Å². The molecule has 4 aromatic rings. The minimum absolute atomic E-state index is 0.0112. The highest BCUT2D eigenvalue weighted by Gasteiger charge is 2.49. The number of sulfone groups is 1. The van der Waals surface area contributed by atoms with E-state index in [2.05, 4.69) is 62.9 Å². The standard InChI is InChI=1S/C66H82F3N9O10S3/c1-5-14-45(2)53-42-65(3,4)30-28-47(53)43-76-37-39-77(40-38-76)49-22-20-46(21-23-49)61(81)73-91(87,88)51-24-25-54(57(41-51)90(85,86)66(67,68)69)70-48(44-89-50-15-9-8-10-16-50)29-32-75-35-33-74(34-36-75)31-12-7-6-11-19-58(79)71-55-18-13-17-52-60(55)64(84)78(63(52)83)56-26-27-59(80)72-62(56)82/h8-10,13,15-18,20-25,41,48,56,70H,2,5-7,11-12,14,19,26-40,42-44H2,1,3-4H3,(H,71,79)(H,73,81)(H,72,80,82)/t48-,56?/m1/s1. The van der Waals surface area contributed by atoms with Crippen LogP contribution in [-0.4, -0.2) is 167 Å². The third-order valence-corrected chi connectivity index (χ3v) is 21.7. The number of benzene rings is 4. The monoisotopic (exact) mass is 1310 g/mol. The second-order valence-electron chi connectivity index (χ2n) is 25.0. The van der Waals surface area contributed by atoms with E-state index in [1.807, 2.05) is 35.1 Å². The fourth-order valence-electron chi connectivity index (χ4n) is 12.5. The zero-order valence-corrected chi connectivity index (χ0v) is 54.3. The molecule has 0 bridgehead atoms. The van der Waals surface area contributed by atoms with Crippen LogP contribution in [0.5, 0.6) is 0 Å². The Balaban J connectivity index is 0.753. The van der Waals surface area contributed by atoms with Gasteiger partial charge in [-0.25, -0.2) is 21.6 Å². The number of unbranched alkanes of at least 4 members (excludes halogenated alkanes) is 3. The maximum absolute atomic E-state index is 14.5. The van der Waals surface area contributed by atoms with Crippen LogP contribution in [0.3, 0.4) is 0 Å². The van der Waals surface area contributed by atoms with Crippen molar-refractivity contribution in [3.63, 3.8) is 0 Å². The highest BCUT2D eigenvalue weighted by atomic mass is 32.2. The second kappa shape index (κ2) is 29.8. The van der Waals surface area contributed by atoms with Gasteiger partial charge < -0.3 is 25.3 Å². The molecular formula is C66H82F3N9O10S3. The Morgan fingerprint density at radius 3 is 2.13 bits per heavy atom. The van der Waals surface area contributed by atoms with Gasteiger partial charge in [-0.1, -0.05) is 82.0 Å². The average Bonchev–Trinajstić information content (AvgIpc) is 1.69. The van der Waals surface area contributed by atoms with Gasteiger partial charge in [0.05, 0.1) is 27.4 Å². The highest BCUT2D eigenvalue weighted by molar-refractivity contribution is 7.99. The third-order valence-electron chi connectivity index (χ3n) is 17.7. The molecule has 0 radical (unpaired) electrons. The number of nitrogens with one attached hydrogen (secondary N) is 4. The summed E-state index contributed by atoms with van der Waals surface area (Å²) in [6.07, 6.45) is 8.92. The molecule has 1 aliphatic carbocycles. The molecule has 9 rings (SSSR count). The Kier molecular flexibility index (Phi) is 22.4. The lowest BCUT2D eigenvalue weighted by Crippen LogP contribution is -2.54. The van der Waals surface area contributed by atoms with Crippen molar-refractivity contribution in [1.82, 2.24) is 29.6 Å². The van der Waals surface area contributed by atoms with Crippen LogP contribution < -0.4 is 25.6 Å². The lowest BCUT2D eigenvalue weighted by molar-refractivity contribution is -0.136. The molecule has 5 aliphatic rings. The molecule has 1 unspecified atom stereocenters. The Morgan fingerprint density at radius 2 is 1.45 bits per heavy atom. The number of hydrogen-bond donors (Lipinski definition) is 4. The van der Waals surface area contributed by atoms with Crippen LogP contribution in [-0.2, 0) is 34.2 Å². The summed E-state index contributed by atoms with van der Waals surface area (Å²) in [7, 11) is -11.0. The lowest BCUT2D eigenvalue weighted by atomic mass is 9.72. The number of nitrogens with zero attached hydrogens (tertiary/aromatic N) is 5. The van der Waals surface area contributed by atoms with Gasteiger partial charge in [0.15, 0.2) is 0 Å². The van der Waals surface area contributed by atoms with E-state index in [9.17, 15) is 58.8 Å². The predicted octanol–water partition coefficient (Wildman–Crippen LogP) is 9.65. The number of sulfonamides is 1. The van der Waals surface area contributed by atoms with E-state index in [0.717, 1.165) is 131 Å². The fraction of sp³-hybridized carbons (Fsp3) is 0.485. The molecule has 91 heavy (non-hydrogen) atoms. The third kappa shape index (κ3) is 17.2. The molecule has 0 spiro atoms. The highest BCUT2D eigenvalue weighted by Crippen LogP contribution is 2.43. The second-order valence-corrected chi connectivity index (χ2v) is 29.6. The van der Waals surface area contributed by atoms with Crippen LogP contribution in [0.1, 0.15) is 135 Å². The molecule has 490 valence electrons. The van der Waals surface area contributed by atoms with E-state index in [4.69, 9.17) is 0 Å². The average molecular weight is 1310 g/mol. The number of anilines is 3. The summed E-state index contributed by atoms with van der Waals surface area (Å²) in [6, 6.07) is 21.0. The van der Waals surface area contributed by atoms with Gasteiger partial charge in [-0.05, 0) is 136 Å². The van der Waals surface area contributed by atoms with Gasteiger partial charge >= 0.3 is 5.51 Å². The summed E-state index contributed by atoms with van der Waals surface area (Å²) in [6.45, 7) is 19.5. The van der Waals surface area contributed by atoms with E-state index in [-0.39, 0.29) is 53.0 Å². The van der Waals surface area contributed by atoms with Crippen molar-refractivity contribution in [3.05, 3.63) is 131 Å². The molecule has 4 aromatic carbocycles. The number of fused-ring (bicyclic) bond motifs is 1. The van der Waals surface area contributed by atoms with Gasteiger partial charge in [0.2, 0.25) is 17.7 Å². The van der Waals surface area contributed by atoms with Crippen molar-refractivity contribution in [3.8, 4) is 0 Å². The van der Waals surface area contributed by atoms with Gasteiger partial charge in [-0.15, -0.1) is 11.8 Å². The molecule has 0 aromatic heterocycles. The zero-order valence-electron chi connectivity index (χ0n) is 51.9. The first-order valence-electron chi connectivity index (χ1n) is 31.3. The largest absolute Gasteiger partial charge is 0.501 e. The number of piperidine rings is 1. The summed E-state index contributed by atoms with van der Waals surface area (Å²) >= 11 is 1.43. The molecule has 2 atom stereocenters. The summed E-state index contributed by atoms with van der Waals surface area (Å²) in [4.78, 5) is 86.2. The van der Waals surface area contributed by atoms with E-state index in [1.165, 1.54) is 52.7 Å². The van der Waals surface area contributed by atoms with E-state index < -0.39 is 82.5 Å². The van der Waals surface area contributed by atoms with Gasteiger partial charge in [-0.3, -0.25) is 43.9 Å². The number of amides is 6. The Hall–Kier alpha value is -6.90. The van der Waals surface area contributed by atoms with Gasteiger partial charge in [0, 0.05) is 106 Å². The summed E-state index contributed by atoms with van der Waals surface area (Å²) in [5, 5.41) is 7.98. The molecule has 3 fully saturated rings. The maximum atomic E-state index is 14.5. The van der Waals surface area contributed by atoms with Gasteiger partial charge in [-0.2, -0.15) is 13.2 Å². The molecule has 25 heteroatoms. The minimum atomic E-state index is -6.14. The normalized spacial score (nSPS) is 19.1. The van der Waals surface area contributed by atoms with Crippen LogP contribution >= 0.6 is 11.8 Å². The molecular weight excluding hydrogens is 1230 g/mol. The first-order chi connectivity index (χ1) is 43.3. The zero-order chi connectivity index (χ0) is 65.3. The summed E-state index contributed by atoms with van der Waals surface area (Å²) < 4.78 is 99.7. The molecule has 0 saturated carbocycles. The number of halogens is 3. The van der Waals surface area contributed by atoms with Crippen molar-refractivity contribution >= 4 is 84.1 Å². The van der Waals surface area contributed by atoms with Crippen molar-refractivity contribution in [2.75, 3.05) is 93.3 Å². The van der Waals surface area contributed by atoms with Crippen LogP contribution in [0.25, 0.3) is 0 Å². The number of alkyl halides is 3. The number of piperazine rings is 2. The first-order valence-corrected chi connectivity index (χ1v) is 35.3. The SMILES string of the molecule is C=C(CCC)C1=C(CN2CCN(c3ccc(C(=O)NS(=O)(=O)c4ccc(N[C@H](CCN5CCN(CCCCCCC(=O)Nc6cccc7c6C(=O)N(C6CCC(=O)NC6=O)C7=O)CC5)CSc5ccccc5)c(S(=O)(=O)C(F)(F)F)c4)cc3)CC2)CCC(C)(C)C1. The Labute approximate surface area is 535 Å². The minimum Gasteiger partial charge on any atom is -0.380 e. The number of hydrogen-bond acceptors (Lipinski definition) is 16. The number of thioether (sulfide) groups is 1. The Morgan fingerprint density at radius 1 is 0.769 bits per heavy atom. The van der Waals surface area contributed by atoms with Crippen molar-refractivity contribution in [2.45, 2.75) is 137 Å². The van der Waals surface area contributed by atoms with E-state index in [0.29, 0.717) is 44.3 Å². The quantitative estimate of drug-likeness (QED) is 0.0247. The smallest absolute Gasteiger partial charge is 0.380 e. The number of rotatable bonds is 27. The lowest BCUT2D eigenvalue weighted by Gasteiger charge is -2.39. The number of carbonyl (C=O) groups excluding carboxylic acids is 6. The number of carbonyl (C=O) groups is 6. The topological polar surface area (TPSA) is 235 Å². The summed E-state index contributed by atoms with van der Waals surface area (Å²) in [5.41, 5.74) is -0.757. The van der Waals surface area contributed by atoms with Gasteiger partial charge in [0.1, 0.15) is 10.9 Å². The molecule has 4 heterocycles.